The molecule has 1 saturated carbocycles. The van der Waals surface area contributed by atoms with E-state index in [2.05, 4.69) is 5.32 Å². The third kappa shape index (κ3) is 3.20. The quantitative estimate of drug-likeness (QED) is 0.911. The van der Waals surface area contributed by atoms with Crippen LogP contribution in [0.2, 0.25) is 0 Å². The summed E-state index contributed by atoms with van der Waals surface area (Å²) >= 11 is 0. The maximum atomic E-state index is 12.5. The van der Waals surface area contributed by atoms with E-state index in [9.17, 15) is 13.2 Å². The Kier molecular flexibility index (Phi) is 4.27. The third-order valence-electron chi connectivity index (χ3n) is 4.59. The largest absolute Gasteiger partial charge is 0.348 e. The average molecular weight is 325 g/mol. The first-order chi connectivity index (χ1) is 10.4. The van der Waals surface area contributed by atoms with Gasteiger partial charge in [0, 0.05) is 24.8 Å². The van der Waals surface area contributed by atoms with Gasteiger partial charge >= 0.3 is 0 Å². The summed E-state index contributed by atoms with van der Waals surface area (Å²) in [6, 6.07) is 3.97. The molecule has 1 amide bonds. The molecule has 0 spiro atoms. The van der Waals surface area contributed by atoms with Crippen molar-refractivity contribution in [2.45, 2.75) is 51.2 Å². The van der Waals surface area contributed by atoms with Gasteiger partial charge in [-0.05, 0) is 31.4 Å². The number of hydrogen-bond acceptors (Lipinski definition) is 3. The van der Waals surface area contributed by atoms with E-state index < -0.39 is 10.0 Å². The van der Waals surface area contributed by atoms with Crippen LogP contribution >= 0.6 is 0 Å². The zero-order valence-corrected chi connectivity index (χ0v) is 13.7. The number of amides is 1. The Morgan fingerprint density at radius 1 is 1.18 bits per heavy atom. The molecule has 122 valence electrons. The van der Waals surface area contributed by atoms with E-state index in [1.54, 1.807) is 0 Å². The van der Waals surface area contributed by atoms with Gasteiger partial charge in [0.1, 0.15) is 5.69 Å². The molecule has 0 atom stereocenters. The van der Waals surface area contributed by atoms with Crippen molar-refractivity contribution in [3.8, 4) is 0 Å². The van der Waals surface area contributed by atoms with Gasteiger partial charge in [-0.3, -0.25) is 4.79 Å². The zero-order chi connectivity index (χ0) is 15.7. The van der Waals surface area contributed by atoms with Crippen molar-refractivity contribution in [2.24, 2.45) is 0 Å². The maximum absolute atomic E-state index is 12.5. The first-order valence-corrected chi connectivity index (χ1v) is 9.74. The fourth-order valence-electron chi connectivity index (χ4n) is 3.39. The summed E-state index contributed by atoms with van der Waals surface area (Å²) in [6.45, 7) is 1.53. The molecule has 1 aromatic heterocycles. The van der Waals surface area contributed by atoms with Gasteiger partial charge in [0.15, 0.2) is 0 Å². The highest BCUT2D eigenvalue weighted by molar-refractivity contribution is 7.88. The van der Waals surface area contributed by atoms with Crippen LogP contribution in [0.5, 0.6) is 0 Å². The Labute approximate surface area is 131 Å². The van der Waals surface area contributed by atoms with E-state index >= 15 is 0 Å². The minimum absolute atomic E-state index is 0.0362. The van der Waals surface area contributed by atoms with Gasteiger partial charge in [-0.2, -0.15) is 4.31 Å². The molecule has 7 heteroatoms. The fourth-order valence-corrected chi connectivity index (χ4v) is 4.22. The summed E-state index contributed by atoms with van der Waals surface area (Å²) in [5.41, 5.74) is 1.54. The highest BCUT2D eigenvalue weighted by atomic mass is 32.2. The van der Waals surface area contributed by atoms with Crippen LogP contribution in [0.4, 0.5) is 0 Å². The van der Waals surface area contributed by atoms with Gasteiger partial charge in [0.2, 0.25) is 10.0 Å². The van der Waals surface area contributed by atoms with Crippen LogP contribution in [0.25, 0.3) is 0 Å². The molecule has 1 N–H and O–H groups in total. The van der Waals surface area contributed by atoms with Crippen LogP contribution in [-0.4, -0.2) is 42.0 Å². The van der Waals surface area contributed by atoms with Crippen LogP contribution in [0.1, 0.15) is 48.3 Å². The number of nitrogens with one attached hydrogen (secondary N) is 1. The summed E-state index contributed by atoms with van der Waals surface area (Å²) in [5, 5.41) is 3.10. The van der Waals surface area contributed by atoms with Crippen LogP contribution < -0.4 is 5.32 Å². The summed E-state index contributed by atoms with van der Waals surface area (Å²) in [5.74, 6) is -0.0362. The minimum atomic E-state index is -3.20. The third-order valence-corrected chi connectivity index (χ3v) is 5.84. The minimum Gasteiger partial charge on any atom is -0.348 e. The fraction of sp³-hybridized carbons (Fsp3) is 0.667. The van der Waals surface area contributed by atoms with E-state index in [4.69, 9.17) is 0 Å². The van der Waals surface area contributed by atoms with Crippen LogP contribution in [0.15, 0.2) is 12.1 Å². The Bertz CT molecular complexity index is 660. The molecule has 2 aliphatic rings. The van der Waals surface area contributed by atoms with Crippen molar-refractivity contribution in [1.82, 2.24) is 14.2 Å². The van der Waals surface area contributed by atoms with Crippen molar-refractivity contribution in [1.29, 1.82) is 0 Å². The second-order valence-corrected chi connectivity index (χ2v) is 8.25. The van der Waals surface area contributed by atoms with Crippen LogP contribution in [0, 0.1) is 0 Å². The molecule has 2 heterocycles. The maximum Gasteiger partial charge on any atom is 0.268 e. The standard InChI is InChI=1S/C15H23N3O3S/c1-22(20,21)17-9-4-10-18-13(11-17)7-8-14(18)15(19)16-12-5-2-3-6-12/h7-8,12H,2-6,9-11H2,1H3,(H,16,19). The topological polar surface area (TPSA) is 71.4 Å². The van der Waals surface area contributed by atoms with Crippen LogP contribution in [0.3, 0.4) is 0 Å². The van der Waals surface area contributed by atoms with Crippen molar-refractivity contribution < 1.29 is 13.2 Å². The molecule has 1 aliphatic heterocycles. The summed E-state index contributed by atoms with van der Waals surface area (Å²) < 4.78 is 27.0. The lowest BCUT2D eigenvalue weighted by Crippen LogP contribution is -2.34. The number of fused-ring (bicyclic) bond motifs is 1. The molecule has 0 radical (unpaired) electrons. The summed E-state index contributed by atoms with van der Waals surface area (Å²) in [6.07, 6.45) is 6.43. The number of nitrogens with zero attached hydrogens (tertiary/aromatic N) is 2. The zero-order valence-electron chi connectivity index (χ0n) is 12.9. The van der Waals surface area contributed by atoms with Gasteiger partial charge in [0.25, 0.3) is 5.91 Å². The van der Waals surface area contributed by atoms with Gasteiger partial charge in [-0.1, -0.05) is 12.8 Å². The van der Waals surface area contributed by atoms with E-state index in [1.165, 1.54) is 23.4 Å². The molecule has 0 saturated heterocycles. The Morgan fingerprint density at radius 3 is 2.59 bits per heavy atom. The normalized spacial score (nSPS) is 20.6. The molecule has 0 aromatic carbocycles. The average Bonchev–Trinajstić information content (AvgIpc) is 3.02. The summed E-state index contributed by atoms with van der Waals surface area (Å²) in [4.78, 5) is 12.5. The molecule has 1 aliphatic carbocycles. The lowest BCUT2D eigenvalue weighted by Gasteiger charge is -2.16. The monoisotopic (exact) mass is 325 g/mol. The van der Waals surface area contributed by atoms with E-state index in [0.29, 0.717) is 25.3 Å². The molecule has 22 heavy (non-hydrogen) atoms. The van der Waals surface area contributed by atoms with Gasteiger partial charge in [-0.25, -0.2) is 8.42 Å². The number of hydrogen-bond donors (Lipinski definition) is 1. The molecule has 3 rings (SSSR count). The van der Waals surface area contributed by atoms with Gasteiger partial charge < -0.3 is 9.88 Å². The smallest absolute Gasteiger partial charge is 0.268 e. The van der Waals surface area contributed by atoms with Gasteiger partial charge in [0.05, 0.1) is 12.8 Å². The lowest BCUT2D eigenvalue weighted by molar-refractivity contribution is 0.0928. The molecular formula is C15H23N3O3S. The van der Waals surface area contributed by atoms with Crippen molar-refractivity contribution in [3.63, 3.8) is 0 Å². The number of rotatable bonds is 3. The molecule has 0 unspecified atom stereocenters. The first kappa shape index (κ1) is 15.6. The number of carbonyl (C=O) groups excluding carboxylic acids is 1. The van der Waals surface area contributed by atoms with E-state index in [1.807, 2.05) is 16.7 Å². The summed E-state index contributed by atoms with van der Waals surface area (Å²) in [7, 11) is -3.20. The highest BCUT2D eigenvalue weighted by Crippen LogP contribution is 2.21. The van der Waals surface area contributed by atoms with Crippen LogP contribution in [-0.2, 0) is 23.1 Å². The SMILES string of the molecule is CS(=O)(=O)N1CCCn2c(ccc2C(=O)NC2CCCC2)C1. The van der Waals surface area contributed by atoms with E-state index in [0.717, 1.165) is 25.0 Å². The lowest BCUT2D eigenvalue weighted by atomic mass is 10.2. The molecule has 1 aromatic rings. The predicted octanol–water partition coefficient (Wildman–Crippen LogP) is 1.33. The number of sulfonamides is 1. The van der Waals surface area contributed by atoms with Gasteiger partial charge in [-0.15, -0.1) is 0 Å². The van der Waals surface area contributed by atoms with Crippen molar-refractivity contribution >= 4 is 15.9 Å². The highest BCUT2D eigenvalue weighted by Gasteiger charge is 2.25. The Hall–Kier alpha value is -1.34. The van der Waals surface area contributed by atoms with Crippen molar-refractivity contribution in [2.75, 3.05) is 12.8 Å². The predicted molar refractivity (Wildman–Crippen MR) is 84.0 cm³/mol. The molecule has 0 bridgehead atoms. The van der Waals surface area contributed by atoms with E-state index in [-0.39, 0.29) is 11.9 Å². The Balaban J connectivity index is 1.78. The second-order valence-electron chi connectivity index (χ2n) is 6.27. The number of aromatic nitrogens is 1. The first-order valence-electron chi connectivity index (χ1n) is 7.89. The molecule has 1 fully saturated rings. The second kappa shape index (κ2) is 6.04. The number of carbonyl (C=O) groups is 1. The van der Waals surface area contributed by atoms with Crippen molar-refractivity contribution in [3.05, 3.63) is 23.5 Å². The molecular weight excluding hydrogens is 302 g/mol. The molecule has 6 nitrogen and oxygen atoms in total. The Morgan fingerprint density at radius 2 is 1.91 bits per heavy atom.